The Hall–Kier alpha value is -3.80. The molecule has 2 aromatic carbocycles. The summed E-state index contributed by atoms with van der Waals surface area (Å²) in [5, 5.41) is 35.4. The molecule has 1 amide bonds. The molecule has 0 saturated heterocycles. The van der Waals surface area contributed by atoms with Gasteiger partial charge in [-0.05, 0) is 13.0 Å². The number of azo groups is 1. The number of nitro benzene ring substituents is 2. The molecule has 0 saturated carbocycles. The molecule has 30 heavy (non-hydrogen) atoms. The third kappa shape index (κ3) is 5.17. The van der Waals surface area contributed by atoms with Crippen molar-refractivity contribution >= 4 is 51.6 Å². The van der Waals surface area contributed by atoms with E-state index >= 15 is 0 Å². The zero-order valence-corrected chi connectivity index (χ0v) is 16.9. The zero-order valence-electron chi connectivity index (χ0n) is 16.1. The Kier molecular flexibility index (Phi) is 7.20. The number of carbonyl (C=O) groups excluding carboxylic acids is 1. The Morgan fingerprint density at radius 2 is 1.83 bits per heavy atom. The molecule has 0 spiro atoms. The average molecular weight is 437 g/mol. The minimum atomic E-state index is -0.850. The summed E-state index contributed by atoms with van der Waals surface area (Å²) in [7, 11) is 1.44. The first-order valence-electron chi connectivity index (χ1n) is 8.45. The Morgan fingerprint density at radius 1 is 1.13 bits per heavy atom. The van der Waals surface area contributed by atoms with E-state index in [0.717, 1.165) is 12.1 Å². The fourth-order valence-corrected chi connectivity index (χ4v) is 2.70. The van der Waals surface area contributed by atoms with Crippen molar-refractivity contribution in [1.82, 2.24) is 0 Å². The average Bonchev–Trinajstić information content (AvgIpc) is 2.67. The molecule has 0 aliphatic heterocycles. The number of anilines is 2. The van der Waals surface area contributed by atoms with Gasteiger partial charge in [-0.25, -0.2) is 0 Å². The summed E-state index contributed by atoms with van der Waals surface area (Å²) in [6.07, 6.45) is 0. The molecule has 0 aromatic heterocycles. The third-order valence-electron chi connectivity index (χ3n) is 3.69. The predicted octanol–water partition coefficient (Wildman–Crippen LogP) is 4.97. The Bertz CT molecular complexity index is 1040. The molecule has 2 N–H and O–H groups in total. The van der Waals surface area contributed by atoms with Gasteiger partial charge in [-0.1, -0.05) is 11.6 Å². The number of nitrogens with zero attached hydrogens (tertiary/aromatic N) is 4. The molecule has 0 aliphatic carbocycles. The van der Waals surface area contributed by atoms with Crippen molar-refractivity contribution in [3.8, 4) is 5.75 Å². The quantitative estimate of drug-likeness (QED) is 0.335. The van der Waals surface area contributed by atoms with Gasteiger partial charge in [0, 0.05) is 25.6 Å². The summed E-state index contributed by atoms with van der Waals surface area (Å²) in [4.78, 5) is 32.2. The van der Waals surface area contributed by atoms with Crippen molar-refractivity contribution in [3.63, 3.8) is 0 Å². The van der Waals surface area contributed by atoms with Crippen LogP contribution in [-0.4, -0.2) is 29.4 Å². The maximum absolute atomic E-state index is 11.6. The molecule has 0 unspecified atom stereocenters. The SMILES string of the molecule is CCNc1cc(NC(C)=O)c(N=Nc2c(Cl)cc([N+](=O)[O-])cc2[N+](=O)[O-])cc1OC. The predicted molar refractivity (Wildman–Crippen MR) is 110 cm³/mol. The van der Waals surface area contributed by atoms with Crippen LogP contribution in [0, 0.1) is 20.2 Å². The highest BCUT2D eigenvalue weighted by Crippen LogP contribution is 2.42. The summed E-state index contributed by atoms with van der Waals surface area (Å²) < 4.78 is 5.29. The van der Waals surface area contributed by atoms with E-state index in [4.69, 9.17) is 16.3 Å². The lowest BCUT2D eigenvalue weighted by Gasteiger charge is -2.14. The lowest BCUT2D eigenvalue weighted by atomic mass is 10.2. The number of nitrogens with one attached hydrogen (secondary N) is 2. The molecule has 0 radical (unpaired) electrons. The number of methoxy groups -OCH3 is 1. The maximum Gasteiger partial charge on any atom is 0.305 e. The summed E-state index contributed by atoms with van der Waals surface area (Å²) in [5.41, 5.74) is -0.620. The van der Waals surface area contributed by atoms with Crippen LogP contribution in [-0.2, 0) is 4.79 Å². The Balaban J connectivity index is 2.62. The lowest BCUT2D eigenvalue weighted by molar-refractivity contribution is -0.393. The van der Waals surface area contributed by atoms with Crippen molar-refractivity contribution in [2.75, 3.05) is 24.3 Å². The number of halogens is 1. The summed E-state index contributed by atoms with van der Waals surface area (Å²) in [5.74, 6) is 0.0163. The number of rotatable bonds is 8. The largest absolute Gasteiger partial charge is 0.495 e. The molecular weight excluding hydrogens is 420 g/mol. The van der Waals surface area contributed by atoms with Crippen LogP contribution in [0.4, 0.5) is 34.1 Å². The van der Waals surface area contributed by atoms with E-state index in [2.05, 4.69) is 20.9 Å². The third-order valence-corrected chi connectivity index (χ3v) is 3.98. The van der Waals surface area contributed by atoms with Gasteiger partial charge in [0.15, 0.2) is 5.69 Å². The molecule has 0 bridgehead atoms. The van der Waals surface area contributed by atoms with Crippen LogP contribution < -0.4 is 15.4 Å². The van der Waals surface area contributed by atoms with Crippen LogP contribution in [0.15, 0.2) is 34.5 Å². The van der Waals surface area contributed by atoms with Crippen LogP contribution in [0.5, 0.6) is 5.75 Å². The van der Waals surface area contributed by atoms with Gasteiger partial charge < -0.3 is 15.4 Å². The van der Waals surface area contributed by atoms with Crippen molar-refractivity contribution in [2.45, 2.75) is 13.8 Å². The number of ether oxygens (including phenoxy) is 1. The fraction of sp³-hybridized carbons (Fsp3) is 0.235. The summed E-state index contributed by atoms with van der Waals surface area (Å²) >= 11 is 5.97. The number of nitro groups is 2. The molecule has 0 heterocycles. The van der Waals surface area contributed by atoms with E-state index in [9.17, 15) is 25.0 Å². The highest BCUT2D eigenvalue weighted by Gasteiger charge is 2.24. The smallest absolute Gasteiger partial charge is 0.305 e. The molecule has 12 nitrogen and oxygen atoms in total. The minimum Gasteiger partial charge on any atom is -0.495 e. The van der Waals surface area contributed by atoms with Gasteiger partial charge >= 0.3 is 5.69 Å². The number of hydrogen-bond donors (Lipinski definition) is 2. The number of carbonyl (C=O) groups is 1. The van der Waals surface area contributed by atoms with Crippen molar-refractivity contribution in [1.29, 1.82) is 0 Å². The van der Waals surface area contributed by atoms with Gasteiger partial charge in [-0.3, -0.25) is 25.0 Å². The normalized spacial score (nSPS) is 10.7. The van der Waals surface area contributed by atoms with Crippen molar-refractivity contribution in [2.24, 2.45) is 10.2 Å². The molecule has 0 atom stereocenters. The highest BCUT2D eigenvalue weighted by atomic mass is 35.5. The van der Waals surface area contributed by atoms with Gasteiger partial charge in [-0.2, -0.15) is 0 Å². The number of benzene rings is 2. The second-order valence-electron chi connectivity index (χ2n) is 5.79. The molecular formula is C17H17ClN6O6. The van der Waals surface area contributed by atoms with E-state index < -0.39 is 21.2 Å². The number of hydrogen-bond acceptors (Lipinski definition) is 9. The first kappa shape index (κ1) is 22.5. The molecule has 158 valence electrons. The van der Waals surface area contributed by atoms with Crippen molar-refractivity contribution in [3.05, 3.63) is 49.5 Å². The van der Waals surface area contributed by atoms with Crippen LogP contribution in [0.25, 0.3) is 0 Å². The molecule has 2 aromatic rings. The van der Waals surface area contributed by atoms with Crippen LogP contribution in [0.2, 0.25) is 5.02 Å². The number of non-ortho nitro benzene ring substituents is 1. The zero-order chi connectivity index (χ0) is 22.4. The van der Waals surface area contributed by atoms with E-state index in [-0.39, 0.29) is 28.0 Å². The monoisotopic (exact) mass is 436 g/mol. The molecule has 0 fully saturated rings. The van der Waals surface area contributed by atoms with Crippen LogP contribution in [0.3, 0.4) is 0 Å². The Labute approximate surface area is 175 Å². The molecule has 13 heteroatoms. The van der Waals surface area contributed by atoms with Gasteiger partial charge in [0.1, 0.15) is 11.4 Å². The van der Waals surface area contributed by atoms with E-state index in [1.165, 1.54) is 20.1 Å². The highest BCUT2D eigenvalue weighted by molar-refractivity contribution is 6.33. The summed E-state index contributed by atoms with van der Waals surface area (Å²) in [6, 6.07) is 4.72. The second kappa shape index (κ2) is 9.60. The van der Waals surface area contributed by atoms with Gasteiger partial charge in [-0.15, -0.1) is 10.2 Å². The molecule has 0 aliphatic rings. The first-order valence-corrected chi connectivity index (χ1v) is 8.83. The fourth-order valence-electron chi connectivity index (χ4n) is 2.46. The summed E-state index contributed by atoms with van der Waals surface area (Å²) in [6.45, 7) is 3.76. The van der Waals surface area contributed by atoms with Crippen molar-refractivity contribution < 1.29 is 19.4 Å². The minimum absolute atomic E-state index is 0.132. The van der Waals surface area contributed by atoms with E-state index in [0.29, 0.717) is 18.0 Å². The number of amides is 1. The maximum atomic E-state index is 11.6. The van der Waals surface area contributed by atoms with Gasteiger partial charge in [0.2, 0.25) is 5.91 Å². The lowest BCUT2D eigenvalue weighted by Crippen LogP contribution is -2.07. The van der Waals surface area contributed by atoms with E-state index in [1.807, 2.05) is 6.92 Å². The van der Waals surface area contributed by atoms with Crippen LogP contribution in [0.1, 0.15) is 13.8 Å². The van der Waals surface area contributed by atoms with Crippen LogP contribution >= 0.6 is 11.6 Å². The Morgan fingerprint density at radius 3 is 2.37 bits per heavy atom. The first-order chi connectivity index (χ1) is 14.2. The molecule has 2 rings (SSSR count). The van der Waals surface area contributed by atoms with E-state index in [1.54, 1.807) is 6.07 Å². The standard InChI is InChI=1S/C17H17ClN6O6/c1-4-19-14-7-12(20-9(2)25)13(8-16(14)30-3)21-22-17-11(18)5-10(23(26)27)6-15(17)24(28)29/h5-8,19H,4H2,1-3H3,(H,20,25). The van der Waals surface area contributed by atoms with Gasteiger partial charge in [0.05, 0.1) is 39.4 Å². The second-order valence-corrected chi connectivity index (χ2v) is 6.20. The van der Waals surface area contributed by atoms with Gasteiger partial charge in [0.25, 0.3) is 5.69 Å². The topological polar surface area (TPSA) is 161 Å².